The third-order valence-electron chi connectivity index (χ3n) is 0.725. The first-order valence-corrected chi connectivity index (χ1v) is 5.18. The highest BCUT2D eigenvalue weighted by molar-refractivity contribution is 7.85. The van der Waals surface area contributed by atoms with Crippen LogP contribution >= 0.6 is 0 Å². The number of halogens is 5. The summed E-state index contributed by atoms with van der Waals surface area (Å²) in [6, 6.07) is 0. The number of aliphatic hydroxyl groups excluding tert-OH is 1. The smallest absolute Gasteiger partial charge is 0.392 e. The molecule has 10 heteroatoms. The molecular weight excluding hydrogens is 263 g/mol. The molecule has 98 valence electrons. The third kappa shape index (κ3) is 23.2. The predicted octanol–water partition coefficient (Wildman–Crippen LogP) is 1.58. The van der Waals surface area contributed by atoms with Crippen molar-refractivity contribution in [3.05, 3.63) is 12.2 Å². The molecule has 0 bridgehead atoms. The van der Waals surface area contributed by atoms with Crippen molar-refractivity contribution >= 4 is 10.1 Å². The Morgan fingerprint density at radius 2 is 1.75 bits per heavy atom. The molecule has 0 spiro atoms. The first-order valence-electron chi connectivity index (χ1n) is 3.57. The summed E-state index contributed by atoms with van der Waals surface area (Å²) in [7, 11) is -3.97. The molecule has 0 heterocycles. The molecule has 0 aromatic carbocycles. The van der Waals surface area contributed by atoms with E-state index in [1.165, 1.54) is 6.92 Å². The van der Waals surface area contributed by atoms with Crippen LogP contribution in [-0.2, 0) is 10.1 Å². The molecule has 0 radical (unpaired) electrons. The maximum absolute atomic E-state index is 10.8. The van der Waals surface area contributed by atoms with Gasteiger partial charge in [0, 0.05) is 0 Å². The van der Waals surface area contributed by atoms with Crippen molar-refractivity contribution in [2.75, 3.05) is 5.75 Å². The van der Waals surface area contributed by atoms with Gasteiger partial charge in [0.1, 0.15) is 5.75 Å². The van der Waals surface area contributed by atoms with Crippen molar-refractivity contribution < 1.29 is 40.0 Å². The Labute approximate surface area is 88.1 Å². The van der Waals surface area contributed by atoms with E-state index in [1.807, 2.05) is 0 Å². The molecule has 4 nitrogen and oxygen atoms in total. The van der Waals surface area contributed by atoms with E-state index < -0.39 is 40.3 Å². The van der Waals surface area contributed by atoms with E-state index in [0.29, 0.717) is 0 Å². The largest absolute Gasteiger partial charge is 0.414 e. The van der Waals surface area contributed by atoms with Gasteiger partial charge in [-0.3, -0.25) is 4.55 Å². The minimum absolute atomic E-state index is 0.590. The second kappa shape index (κ2) is 6.76. The zero-order valence-corrected chi connectivity index (χ0v) is 8.69. The Morgan fingerprint density at radius 1 is 1.38 bits per heavy atom. The summed E-state index contributed by atoms with van der Waals surface area (Å²) in [5.74, 6) is -0.590. The van der Waals surface area contributed by atoms with Crippen molar-refractivity contribution in [3.8, 4) is 0 Å². The summed E-state index contributed by atoms with van der Waals surface area (Å²) >= 11 is 0. The number of allylic oxidation sites excluding steroid dienone is 1. The molecule has 0 aliphatic carbocycles. The van der Waals surface area contributed by atoms with Gasteiger partial charge in [-0.25, -0.2) is 0 Å². The molecule has 0 aromatic heterocycles. The van der Waals surface area contributed by atoms with Gasteiger partial charge in [-0.05, 0) is 6.92 Å². The van der Waals surface area contributed by atoms with Crippen LogP contribution in [0.4, 0.5) is 22.0 Å². The minimum atomic E-state index is -4.89. The summed E-state index contributed by atoms with van der Waals surface area (Å²) in [6.45, 7) is 1.29. The molecule has 16 heavy (non-hydrogen) atoms. The summed E-state index contributed by atoms with van der Waals surface area (Å²) in [5, 5.41) is 8.35. The molecule has 1 atom stereocenters. The minimum Gasteiger partial charge on any atom is -0.392 e. The highest BCUT2D eigenvalue weighted by Gasteiger charge is 2.25. The van der Waals surface area contributed by atoms with Gasteiger partial charge in [-0.15, -0.1) is 0 Å². The Kier molecular flexibility index (Phi) is 7.46. The number of alkyl halides is 3. The molecule has 0 fully saturated rings. The summed E-state index contributed by atoms with van der Waals surface area (Å²) in [4.78, 5) is 0. The van der Waals surface area contributed by atoms with Gasteiger partial charge >= 0.3 is 6.18 Å². The zero-order valence-electron chi connectivity index (χ0n) is 7.87. The molecular formula is C6H9F5O4S. The molecule has 0 rings (SSSR count). The van der Waals surface area contributed by atoms with Gasteiger partial charge < -0.3 is 5.11 Å². The van der Waals surface area contributed by atoms with E-state index in [4.69, 9.17) is 9.66 Å². The number of hydrogen-bond acceptors (Lipinski definition) is 3. The van der Waals surface area contributed by atoms with Crippen LogP contribution < -0.4 is 0 Å². The van der Waals surface area contributed by atoms with Gasteiger partial charge in [0.25, 0.3) is 16.2 Å². The number of hydrogen-bond donors (Lipinski definition) is 2. The Bertz CT molecular complexity index is 314. The number of rotatable bonds is 2. The molecule has 0 amide bonds. The summed E-state index contributed by atoms with van der Waals surface area (Å²) in [6.07, 6.45) is -9.67. The van der Waals surface area contributed by atoms with Crippen LogP contribution in [0.15, 0.2) is 12.2 Å². The van der Waals surface area contributed by atoms with E-state index in [0.717, 1.165) is 0 Å². The molecule has 2 N–H and O–H groups in total. The van der Waals surface area contributed by atoms with Gasteiger partial charge in [0.2, 0.25) is 0 Å². The van der Waals surface area contributed by atoms with Crippen molar-refractivity contribution in [2.24, 2.45) is 0 Å². The van der Waals surface area contributed by atoms with Crippen LogP contribution in [0.2, 0.25) is 0 Å². The molecule has 0 aliphatic rings. The Hall–Kier alpha value is -0.740. The lowest BCUT2D eigenvalue weighted by molar-refractivity contribution is -0.0826. The third-order valence-corrected chi connectivity index (χ3v) is 1.63. The topological polar surface area (TPSA) is 74.6 Å². The molecule has 0 aromatic rings. The highest BCUT2D eigenvalue weighted by atomic mass is 32.2. The molecule has 0 saturated carbocycles. The lowest BCUT2D eigenvalue weighted by Gasteiger charge is -1.97. The van der Waals surface area contributed by atoms with Crippen molar-refractivity contribution in [1.82, 2.24) is 0 Å². The lowest BCUT2D eigenvalue weighted by Crippen LogP contribution is -2.16. The van der Waals surface area contributed by atoms with E-state index in [1.54, 1.807) is 0 Å². The van der Waals surface area contributed by atoms with Crippen LogP contribution in [0.1, 0.15) is 6.92 Å². The average molecular weight is 272 g/mol. The average Bonchev–Trinajstić information content (AvgIpc) is 1.72. The zero-order chi connectivity index (χ0) is 13.6. The van der Waals surface area contributed by atoms with E-state index in [-0.39, 0.29) is 0 Å². The first kappa shape index (κ1) is 17.6. The first-order chi connectivity index (χ1) is 6.83. The van der Waals surface area contributed by atoms with Gasteiger partial charge in [0.05, 0.1) is 12.2 Å². The molecule has 0 aliphatic heterocycles. The molecule has 0 saturated heterocycles. The van der Waals surface area contributed by atoms with E-state index >= 15 is 0 Å². The maximum Gasteiger partial charge on any atom is 0.414 e. The fourth-order valence-electron chi connectivity index (χ4n) is 0.429. The SMILES string of the molecule is CC(O)CS(=O)(=O)O.FC(F)=CC(F)(F)F. The van der Waals surface area contributed by atoms with E-state index in [9.17, 15) is 30.4 Å². The van der Waals surface area contributed by atoms with Gasteiger partial charge in [-0.2, -0.15) is 30.4 Å². The van der Waals surface area contributed by atoms with Crippen LogP contribution in [0.5, 0.6) is 0 Å². The monoisotopic (exact) mass is 272 g/mol. The van der Waals surface area contributed by atoms with Crippen molar-refractivity contribution in [2.45, 2.75) is 19.2 Å². The summed E-state index contributed by atoms with van der Waals surface area (Å²) in [5.41, 5.74) is 0. The van der Waals surface area contributed by atoms with Crippen LogP contribution in [0.25, 0.3) is 0 Å². The number of aliphatic hydroxyl groups is 1. The van der Waals surface area contributed by atoms with Crippen LogP contribution in [-0.4, -0.2) is 36.1 Å². The Morgan fingerprint density at radius 3 is 1.75 bits per heavy atom. The Balaban J connectivity index is 0. The maximum atomic E-state index is 10.8. The van der Waals surface area contributed by atoms with Gasteiger partial charge in [0.15, 0.2) is 0 Å². The lowest BCUT2D eigenvalue weighted by atomic mass is 10.5. The predicted molar refractivity (Wildman–Crippen MR) is 44.5 cm³/mol. The second-order valence-corrected chi connectivity index (χ2v) is 4.07. The highest BCUT2D eigenvalue weighted by Crippen LogP contribution is 2.19. The quantitative estimate of drug-likeness (QED) is 0.591. The molecule has 1 unspecified atom stereocenters. The van der Waals surface area contributed by atoms with Crippen LogP contribution in [0.3, 0.4) is 0 Å². The standard InChI is InChI=1S/C3HF5.C3H8O4S/c4-2(5)1-3(6,7)8;1-3(4)2-8(5,6)7/h1H;3-4H,2H2,1H3,(H,5,6,7). The van der Waals surface area contributed by atoms with Gasteiger partial charge in [-0.1, -0.05) is 0 Å². The van der Waals surface area contributed by atoms with Crippen LogP contribution in [0, 0.1) is 0 Å². The normalized spacial score (nSPS) is 13.5. The summed E-state index contributed by atoms with van der Waals surface area (Å²) < 4.78 is 81.3. The fourth-order valence-corrected chi connectivity index (χ4v) is 1.04. The second-order valence-electron chi connectivity index (χ2n) is 2.57. The van der Waals surface area contributed by atoms with E-state index in [2.05, 4.69) is 0 Å². The fraction of sp³-hybridized carbons (Fsp3) is 0.667. The van der Waals surface area contributed by atoms with Crippen molar-refractivity contribution in [3.63, 3.8) is 0 Å². The van der Waals surface area contributed by atoms with Crippen molar-refractivity contribution in [1.29, 1.82) is 0 Å².